The predicted molar refractivity (Wildman–Crippen MR) is 57.0 cm³/mol. The van der Waals surface area contributed by atoms with Crippen LogP contribution in [0, 0.1) is 0 Å². The van der Waals surface area contributed by atoms with Crippen LogP contribution in [0.1, 0.15) is 0 Å². The number of para-hydroxylation sites is 2. The molecule has 3 rings (SSSR count). The highest BCUT2D eigenvalue weighted by molar-refractivity contribution is 5.76. The summed E-state index contributed by atoms with van der Waals surface area (Å²) in [5.41, 5.74) is 1.47. The highest BCUT2D eigenvalue weighted by atomic mass is 16.3. The van der Waals surface area contributed by atoms with Crippen molar-refractivity contribution in [3.8, 4) is 0 Å². The lowest BCUT2D eigenvalue weighted by Gasteiger charge is -1.97. The molecule has 1 aromatic carbocycles. The molecule has 0 unspecified atom stereocenters. The van der Waals surface area contributed by atoms with Crippen molar-refractivity contribution in [2.75, 3.05) is 0 Å². The van der Waals surface area contributed by atoms with E-state index in [1.54, 1.807) is 6.07 Å². The van der Waals surface area contributed by atoms with E-state index < -0.39 is 6.73 Å². The number of aliphatic hydroxyl groups excluding tert-OH is 1. The summed E-state index contributed by atoms with van der Waals surface area (Å²) < 4.78 is 2.42. The molecule has 0 aliphatic heterocycles. The Labute approximate surface area is 89.4 Å². The van der Waals surface area contributed by atoms with Gasteiger partial charge in [-0.1, -0.05) is 12.1 Å². The van der Waals surface area contributed by atoms with Gasteiger partial charge in [-0.15, -0.1) is 5.10 Å². The summed E-state index contributed by atoms with van der Waals surface area (Å²) in [6.07, 6.45) is 1.51. The SMILES string of the molecule is O=c1n(CO)nc2cnc3ccccc3n12. The maximum Gasteiger partial charge on any atom is 0.353 e. The van der Waals surface area contributed by atoms with Gasteiger partial charge >= 0.3 is 5.69 Å². The summed E-state index contributed by atoms with van der Waals surface area (Å²) in [6.45, 7) is -0.436. The summed E-state index contributed by atoms with van der Waals surface area (Å²) in [4.78, 5) is 16.0. The largest absolute Gasteiger partial charge is 0.374 e. The molecule has 80 valence electrons. The molecule has 0 saturated heterocycles. The minimum Gasteiger partial charge on any atom is -0.374 e. The molecule has 0 radical (unpaired) electrons. The van der Waals surface area contributed by atoms with Crippen LogP contribution in [-0.2, 0) is 6.73 Å². The van der Waals surface area contributed by atoms with Crippen LogP contribution in [0.3, 0.4) is 0 Å². The molecule has 0 atom stereocenters. The molecule has 1 N–H and O–H groups in total. The van der Waals surface area contributed by atoms with E-state index in [0.29, 0.717) is 11.2 Å². The third-order valence-corrected chi connectivity index (χ3v) is 2.44. The van der Waals surface area contributed by atoms with Crippen LogP contribution < -0.4 is 5.69 Å². The van der Waals surface area contributed by atoms with Crippen molar-refractivity contribution in [1.82, 2.24) is 19.2 Å². The number of benzene rings is 1. The van der Waals surface area contributed by atoms with Crippen molar-refractivity contribution in [2.24, 2.45) is 0 Å². The van der Waals surface area contributed by atoms with Gasteiger partial charge in [-0.25, -0.2) is 9.20 Å². The smallest absolute Gasteiger partial charge is 0.353 e. The fourth-order valence-electron chi connectivity index (χ4n) is 1.72. The van der Waals surface area contributed by atoms with Crippen molar-refractivity contribution in [2.45, 2.75) is 6.73 Å². The first-order valence-electron chi connectivity index (χ1n) is 4.75. The normalized spacial score (nSPS) is 11.3. The molecular weight excluding hydrogens is 208 g/mol. The Balaban J connectivity index is 2.59. The second kappa shape index (κ2) is 3.14. The average molecular weight is 216 g/mol. The van der Waals surface area contributed by atoms with E-state index in [1.807, 2.05) is 18.2 Å². The first-order valence-corrected chi connectivity index (χ1v) is 4.75. The quantitative estimate of drug-likeness (QED) is 0.621. The van der Waals surface area contributed by atoms with Crippen molar-refractivity contribution in [3.63, 3.8) is 0 Å². The molecule has 0 fully saturated rings. The van der Waals surface area contributed by atoms with Crippen LogP contribution in [0.15, 0.2) is 35.3 Å². The second-order valence-corrected chi connectivity index (χ2v) is 3.36. The third kappa shape index (κ3) is 1.07. The number of aromatic nitrogens is 4. The topological polar surface area (TPSA) is 72.4 Å². The fraction of sp³-hybridized carbons (Fsp3) is 0.100. The zero-order valence-electron chi connectivity index (χ0n) is 8.24. The number of hydrogen-bond acceptors (Lipinski definition) is 4. The molecule has 0 bridgehead atoms. The van der Waals surface area contributed by atoms with Gasteiger partial charge < -0.3 is 5.11 Å². The predicted octanol–water partition coefficient (Wildman–Crippen LogP) is -0.00600. The molecule has 0 aliphatic carbocycles. The number of fused-ring (bicyclic) bond motifs is 3. The van der Waals surface area contributed by atoms with E-state index in [4.69, 9.17) is 5.11 Å². The Morgan fingerprint density at radius 1 is 1.31 bits per heavy atom. The van der Waals surface area contributed by atoms with Crippen molar-refractivity contribution in [3.05, 3.63) is 40.9 Å². The number of nitrogens with zero attached hydrogens (tertiary/aromatic N) is 4. The highest BCUT2D eigenvalue weighted by Crippen LogP contribution is 2.10. The number of aliphatic hydroxyl groups is 1. The summed E-state index contributed by atoms with van der Waals surface area (Å²) in [7, 11) is 0. The summed E-state index contributed by atoms with van der Waals surface area (Å²) >= 11 is 0. The molecule has 6 heteroatoms. The molecular formula is C10H8N4O2. The van der Waals surface area contributed by atoms with E-state index in [0.717, 1.165) is 10.2 Å². The molecule has 2 aromatic heterocycles. The molecule has 0 saturated carbocycles. The van der Waals surface area contributed by atoms with Gasteiger partial charge in [0.25, 0.3) is 0 Å². The van der Waals surface area contributed by atoms with Crippen LogP contribution in [0.4, 0.5) is 0 Å². The fourth-order valence-corrected chi connectivity index (χ4v) is 1.72. The van der Waals surface area contributed by atoms with Crippen LogP contribution in [0.5, 0.6) is 0 Å². The number of hydrogen-bond donors (Lipinski definition) is 1. The van der Waals surface area contributed by atoms with E-state index in [2.05, 4.69) is 10.1 Å². The Morgan fingerprint density at radius 3 is 2.94 bits per heavy atom. The maximum atomic E-state index is 11.8. The minimum absolute atomic E-state index is 0.365. The van der Waals surface area contributed by atoms with Gasteiger partial charge in [0.05, 0.1) is 17.2 Å². The Morgan fingerprint density at radius 2 is 2.12 bits per heavy atom. The summed E-state index contributed by atoms with van der Waals surface area (Å²) in [5, 5.41) is 12.9. The number of rotatable bonds is 1. The molecule has 0 spiro atoms. The van der Waals surface area contributed by atoms with Crippen molar-refractivity contribution < 1.29 is 5.11 Å². The second-order valence-electron chi connectivity index (χ2n) is 3.36. The van der Waals surface area contributed by atoms with Gasteiger partial charge in [0.15, 0.2) is 5.65 Å². The first-order chi connectivity index (χ1) is 7.81. The molecule has 16 heavy (non-hydrogen) atoms. The van der Waals surface area contributed by atoms with Gasteiger partial charge in [0, 0.05) is 0 Å². The minimum atomic E-state index is -0.436. The third-order valence-electron chi connectivity index (χ3n) is 2.44. The van der Waals surface area contributed by atoms with E-state index >= 15 is 0 Å². The zero-order chi connectivity index (χ0) is 11.1. The summed E-state index contributed by atoms with van der Waals surface area (Å²) in [6, 6.07) is 7.28. The van der Waals surface area contributed by atoms with Crippen LogP contribution >= 0.6 is 0 Å². The van der Waals surface area contributed by atoms with E-state index in [9.17, 15) is 4.79 Å². The lowest BCUT2D eigenvalue weighted by Crippen LogP contribution is -2.21. The summed E-state index contributed by atoms with van der Waals surface area (Å²) in [5.74, 6) is 0. The van der Waals surface area contributed by atoms with Crippen LogP contribution in [0.25, 0.3) is 16.7 Å². The Bertz CT molecular complexity index is 728. The molecule has 3 aromatic rings. The maximum absolute atomic E-state index is 11.8. The van der Waals surface area contributed by atoms with E-state index in [1.165, 1.54) is 10.6 Å². The van der Waals surface area contributed by atoms with Crippen LogP contribution in [0.2, 0.25) is 0 Å². The van der Waals surface area contributed by atoms with Gasteiger partial charge in [-0.2, -0.15) is 4.68 Å². The van der Waals surface area contributed by atoms with E-state index in [-0.39, 0.29) is 5.69 Å². The van der Waals surface area contributed by atoms with Gasteiger partial charge in [-0.05, 0) is 12.1 Å². The molecule has 6 nitrogen and oxygen atoms in total. The standard InChI is InChI=1S/C10H8N4O2/c15-6-13-10(16)14-8-4-2-1-3-7(8)11-5-9(14)12-13/h1-5,15H,6H2. The van der Waals surface area contributed by atoms with Gasteiger partial charge in [-0.3, -0.25) is 4.98 Å². The molecule has 2 heterocycles. The van der Waals surface area contributed by atoms with Gasteiger partial charge in [0.2, 0.25) is 0 Å². The van der Waals surface area contributed by atoms with Crippen molar-refractivity contribution >= 4 is 16.7 Å². The van der Waals surface area contributed by atoms with Crippen LogP contribution in [-0.4, -0.2) is 24.3 Å². The zero-order valence-corrected chi connectivity index (χ0v) is 8.24. The Kier molecular flexibility index (Phi) is 1.78. The molecule has 0 amide bonds. The van der Waals surface area contributed by atoms with Crippen molar-refractivity contribution in [1.29, 1.82) is 0 Å². The lowest BCUT2D eigenvalue weighted by molar-refractivity contribution is 0.191. The molecule has 0 aliphatic rings. The highest BCUT2D eigenvalue weighted by Gasteiger charge is 2.08. The Hall–Kier alpha value is -2.21. The van der Waals surface area contributed by atoms with Gasteiger partial charge in [0.1, 0.15) is 6.73 Å². The average Bonchev–Trinajstić information content (AvgIpc) is 2.66. The lowest BCUT2D eigenvalue weighted by atomic mass is 10.3. The monoisotopic (exact) mass is 216 g/mol. The first kappa shape index (κ1) is 9.05.